The largest absolute Gasteiger partial charge is 0.491 e. The Morgan fingerprint density at radius 1 is 1.33 bits per heavy atom. The van der Waals surface area contributed by atoms with Crippen LogP contribution in [-0.2, 0) is 9.31 Å². The molecule has 0 bridgehead atoms. The minimum atomic E-state index is -0.491. The van der Waals surface area contributed by atoms with E-state index in [1.54, 1.807) is 18.3 Å². The van der Waals surface area contributed by atoms with E-state index >= 15 is 0 Å². The number of hydrogen-bond donors (Lipinski definition) is 1. The highest BCUT2D eigenvalue weighted by Gasteiger charge is 2.52. The minimum Gasteiger partial charge on any atom is -0.400 e. The predicted octanol–water partition coefficient (Wildman–Crippen LogP) is 2.45. The molecule has 0 amide bonds. The average Bonchev–Trinajstić information content (AvgIpc) is 2.60. The highest BCUT2D eigenvalue weighted by Crippen LogP contribution is 2.38. The molecule has 1 aliphatic rings. The Morgan fingerprint density at radius 3 is 2.48 bits per heavy atom. The molecule has 1 aliphatic heterocycles. The molecule has 0 atom stereocenters. The number of likely N-dealkylation sites (N-methyl/N-ethyl adjacent to an activating group) is 1. The zero-order valence-electron chi connectivity index (χ0n) is 13.2. The molecule has 0 aliphatic carbocycles. The van der Waals surface area contributed by atoms with E-state index in [-0.39, 0.29) is 5.82 Å². The summed E-state index contributed by atoms with van der Waals surface area (Å²) in [6.45, 7) is 8.54. The van der Waals surface area contributed by atoms with Crippen molar-refractivity contribution in [2.75, 3.05) is 13.6 Å². The molecular weight excluding hydrogens is 270 g/mol. The number of halogens is 1. The fraction of sp³-hybridized carbons (Fsp3) is 0.533. The molecule has 1 saturated heterocycles. The van der Waals surface area contributed by atoms with Gasteiger partial charge >= 0.3 is 7.12 Å². The van der Waals surface area contributed by atoms with Gasteiger partial charge in [-0.2, -0.15) is 0 Å². The van der Waals surface area contributed by atoms with E-state index in [4.69, 9.17) is 9.31 Å². The maximum atomic E-state index is 13.8. The summed E-state index contributed by atoms with van der Waals surface area (Å²) in [6.07, 6.45) is 4.53. The summed E-state index contributed by atoms with van der Waals surface area (Å²) in [7, 11) is 1.34. The second-order valence-electron chi connectivity index (χ2n) is 6.24. The first-order valence-electron chi connectivity index (χ1n) is 7.07. The van der Waals surface area contributed by atoms with E-state index in [1.165, 1.54) is 6.20 Å². The second kappa shape index (κ2) is 5.87. The summed E-state index contributed by atoms with van der Waals surface area (Å²) in [5.74, 6) is -0.359. The monoisotopic (exact) mass is 292 g/mol. The van der Waals surface area contributed by atoms with Crippen molar-refractivity contribution in [1.29, 1.82) is 0 Å². The topological polar surface area (TPSA) is 43.4 Å². The van der Waals surface area contributed by atoms with Crippen molar-refractivity contribution in [2.24, 2.45) is 0 Å². The predicted molar refractivity (Wildman–Crippen MR) is 82.2 cm³/mol. The van der Waals surface area contributed by atoms with Crippen LogP contribution in [0.15, 0.2) is 23.9 Å². The van der Waals surface area contributed by atoms with Crippen LogP contribution in [0.4, 0.5) is 4.39 Å². The molecule has 21 heavy (non-hydrogen) atoms. The Hall–Kier alpha value is -1.24. The first-order valence-corrected chi connectivity index (χ1v) is 7.07. The molecule has 2 heterocycles. The second-order valence-corrected chi connectivity index (χ2v) is 6.24. The zero-order valence-corrected chi connectivity index (χ0v) is 13.2. The van der Waals surface area contributed by atoms with Gasteiger partial charge in [-0.25, -0.2) is 4.39 Å². The summed E-state index contributed by atoms with van der Waals surface area (Å²) in [6, 6.07) is 1.64. The van der Waals surface area contributed by atoms with Crippen molar-refractivity contribution >= 4 is 13.2 Å². The van der Waals surface area contributed by atoms with Gasteiger partial charge in [0.1, 0.15) is 5.82 Å². The third-order valence-corrected chi connectivity index (χ3v) is 4.08. The first kappa shape index (κ1) is 16.1. The number of aromatic nitrogens is 1. The van der Waals surface area contributed by atoms with E-state index in [0.29, 0.717) is 12.1 Å². The third kappa shape index (κ3) is 3.34. The van der Waals surface area contributed by atoms with Gasteiger partial charge in [-0.3, -0.25) is 4.98 Å². The lowest BCUT2D eigenvalue weighted by Gasteiger charge is -2.32. The van der Waals surface area contributed by atoms with E-state index in [2.05, 4.69) is 10.3 Å². The number of hydrogen-bond acceptors (Lipinski definition) is 4. The molecule has 1 fully saturated rings. The van der Waals surface area contributed by atoms with Gasteiger partial charge in [0.2, 0.25) is 0 Å². The van der Waals surface area contributed by atoms with E-state index in [9.17, 15) is 4.39 Å². The Bertz CT molecular complexity index is 530. The Labute approximate surface area is 125 Å². The maximum absolute atomic E-state index is 13.8. The number of pyridine rings is 1. The molecule has 2 rings (SSSR count). The van der Waals surface area contributed by atoms with Gasteiger partial charge in [0, 0.05) is 18.3 Å². The van der Waals surface area contributed by atoms with Crippen LogP contribution in [0.2, 0.25) is 0 Å². The van der Waals surface area contributed by atoms with Crippen LogP contribution in [0, 0.1) is 5.82 Å². The van der Waals surface area contributed by atoms with Crippen LogP contribution in [0.1, 0.15) is 33.3 Å². The van der Waals surface area contributed by atoms with Crippen LogP contribution < -0.4 is 5.32 Å². The van der Waals surface area contributed by atoms with Crippen molar-refractivity contribution in [1.82, 2.24) is 10.3 Å². The van der Waals surface area contributed by atoms with Gasteiger partial charge < -0.3 is 14.6 Å². The lowest BCUT2D eigenvalue weighted by molar-refractivity contribution is 0.00578. The number of nitrogens with zero attached hydrogens (tertiary/aromatic N) is 1. The highest BCUT2D eigenvalue weighted by atomic mass is 19.1. The maximum Gasteiger partial charge on any atom is 0.491 e. The SMILES string of the molecule is CNCC(=Cc1ccncc1F)B1OC(C)(C)C(C)(C)O1. The fourth-order valence-electron chi connectivity index (χ4n) is 2.10. The molecular formula is C15H22BFN2O2. The molecule has 0 aromatic carbocycles. The normalized spacial score (nSPS) is 20.9. The molecule has 0 unspecified atom stereocenters. The molecule has 4 nitrogen and oxygen atoms in total. The Balaban J connectivity index is 2.31. The number of nitrogens with one attached hydrogen (secondary N) is 1. The van der Waals surface area contributed by atoms with E-state index in [0.717, 1.165) is 5.47 Å². The summed E-state index contributed by atoms with van der Waals surface area (Å²) in [4.78, 5) is 3.76. The van der Waals surface area contributed by atoms with Crippen LogP contribution in [-0.4, -0.2) is 36.9 Å². The van der Waals surface area contributed by atoms with Crippen molar-refractivity contribution < 1.29 is 13.7 Å². The van der Waals surface area contributed by atoms with Gasteiger partial charge in [0.25, 0.3) is 0 Å². The van der Waals surface area contributed by atoms with E-state index < -0.39 is 18.3 Å². The quantitative estimate of drug-likeness (QED) is 0.866. The zero-order chi connectivity index (χ0) is 15.7. The summed E-state index contributed by atoms with van der Waals surface area (Å²) < 4.78 is 25.8. The molecule has 0 spiro atoms. The Kier molecular flexibility index (Phi) is 4.51. The third-order valence-electron chi connectivity index (χ3n) is 4.08. The smallest absolute Gasteiger partial charge is 0.400 e. The summed E-state index contributed by atoms with van der Waals surface area (Å²) in [5, 5.41) is 3.07. The molecule has 0 saturated carbocycles. The molecule has 114 valence electrons. The molecule has 1 N–H and O–H groups in total. The standard InChI is InChI=1S/C15H22BFN2O2/c1-14(2)15(3,4)21-16(20-14)12(9-18-5)8-11-6-7-19-10-13(11)17/h6-8,10,18H,9H2,1-5H3. The molecule has 6 heteroatoms. The summed E-state index contributed by atoms with van der Waals surface area (Å²) >= 11 is 0. The fourth-order valence-corrected chi connectivity index (χ4v) is 2.10. The Morgan fingerprint density at radius 2 is 1.95 bits per heavy atom. The minimum absolute atomic E-state index is 0.359. The first-order chi connectivity index (χ1) is 9.77. The number of rotatable bonds is 4. The van der Waals surface area contributed by atoms with Gasteiger partial charge in [0.05, 0.1) is 17.4 Å². The molecule has 1 aromatic heterocycles. The van der Waals surface area contributed by atoms with Crippen LogP contribution in [0.5, 0.6) is 0 Å². The average molecular weight is 292 g/mol. The van der Waals surface area contributed by atoms with Crippen molar-refractivity contribution in [3.8, 4) is 0 Å². The van der Waals surface area contributed by atoms with Crippen molar-refractivity contribution in [2.45, 2.75) is 38.9 Å². The lowest BCUT2D eigenvalue weighted by Crippen LogP contribution is -2.41. The molecule has 0 radical (unpaired) electrons. The summed E-state index contributed by atoms with van der Waals surface area (Å²) in [5.41, 5.74) is 0.494. The van der Waals surface area contributed by atoms with Gasteiger partial charge in [0.15, 0.2) is 0 Å². The highest BCUT2D eigenvalue weighted by molar-refractivity contribution is 6.55. The van der Waals surface area contributed by atoms with Crippen molar-refractivity contribution in [3.05, 3.63) is 35.3 Å². The van der Waals surface area contributed by atoms with Crippen LogP contribution in [0.25, 0.3) is 6.08 Å². The van der Waals surface area contributed by atoms with Gasteiger partial charge in [-0.15, -0.1) is 0 Å². The lowest BCUT2D eigenvalue weighted by atomic mass is 9.77. The van der Waals surface area contributed by atoms with Gasteiger partial charge in [-0.05, 0) is 46.3 Å². The van der Waals surface area contributed by atoms with Gasteiger partial charge in [-0.1, -0.05) is 6.08 Å². The van der Waals surface area contributed by atoms with Crippen LogP contribution in [0.3, 0.4) is 0 Å². The van der Waals surface area contributed by atoms with Crippen molar-refractivity contribution in [3.63, 3.8) is 0 Å². The van der Waals surface area contributed by atoms with E-state index in [1.807, 2.05) is 34.7 Å². The van der Waals surface area contributed by atoms with Crippen LogP contribution >= 0.6 is 0 Å². The molecule has 1 aromatic rings.